The van der Waals surface area contributed by atoms with Crippen LogP contribution in [0.3, 0.4) is 0 Å². The molecule has 0 fully saturated rings. The van der Waals surface area contributed by atoms with Gasteiger partial charge >= 0.3 is 5.97 Å². The maximum atomic E-state index is 11.5. The molecule has 2 aromatic carbocycles. The second-order valence-electron chi connectivity index (χ2n) is 7.88. The maximum Gasteiger partial charge on any atom is 0.336 e. The van der Waals surface area contributed by atoms with E-state index in [2.05, 4.69) is 45.9 Å². The zero-order valence-electron chi connectivity index (χ0n) is 14.3. The summed E-state index contributed by atoms with van der Waals surface area (Å²) in [6.45, 7) is 9.17. The largest absolute Gasteiger partial charge is 0.478 e. The van der Waals surface area contributed by atoms with Crippen LogP contribution in [0.25, 0.3) is 11.1 Å². The molecule has 120 valence electrons. The van der Waals surface area contributed by atoms with E-state index in [4.69, 9.17) is 0 Å². The van der Waals surface area contributed by atoms with Gasteiger partial charge < -0.3 is 5.11 Å². The number of carboxylic acids is 1. The first-order valence-corrected chi connectivity index (χ1v) is 8.20. The number of rotatable bonds is 2. The Balaban J connectivity index is 2.21. The summed E-state index contributed by atoms with van der Waals surface area (Å²) in [5.41, 5.74) is 5.20. The molecule has 0 unspecified atom stereocenters. The summed E-state index contributed by atoms with van der Waals surface area (Å²) in [4.78, 5) is 11.5. The molecule has 1 N–H and O–H groups in total. The fraction of sp³-hybridized carbons (Fsp3) is 0.381. The van der Waals surface area contributed by atoms with Crippen LogP contribution in [0.1, 0.15) is 62.0 Å². The molecular weight excluding hydrogens is 284 g/mol. The van der Waals surface area contributed by atoms with E-state index in [1.807, 2.05) is 12.1 Å². The topological polar surface area (TPSA) is 37.3 Å². The van der Waals surface area contributed by atoms with Gasteiger partial charge in [0.1, 0.15) is 0 Å². The molecule has 0 atom stereocenters. The highest BCUT2D eigenvalue weighted by Crippen LogP contribution is 2.46. The van der Waals surface area contributed by atoms with Crippen molar-refractivity contribution in [1.29, 1.82) is 0 Å². The molecule has 1 aliphatic rings. The van der Waals surface area contributed by atoms with E-state index in [0.29, 0.717) is 5.56 Å². The van der Waals surface area contributed by atoms with Gasteiger partial charge in [0.25, 0.3) is 0 Å². The zero-order chi connectivity index (χ0) is 16.8. The predicted molar refractivity (Wildman–Crippen MR) is 94.1 cm³/mol. The van der Waals surface area contributed by atoms with Crippen LogP contribution >= 0.6 is 0 Å². The number of aromatic carboxylic acids is 1. The van der Waals surface area contributed by atoms with Crippen molar-refractivity contribution in [3.63, 3.8) is 0 Å². The monoisotopic (exact) mass is 308 g/mol. The Morgan fingerprint density at radius 1 is 0.913 bits per heavy atom. The van der Waals surface area contributed by atoms with Crippen LogP contribution in [0.4, 0.5) is 0 Å². The van der Waals surface area contributed by atoms with Gasteiger partial charge in [-0.3, -0.25) is 0 Å². The van der Waals surface area contributed by atoms with Gasteiger partial charge in [-0.25, -0.2) is 4.79 Å². The summed E-state index contributed by atoms with van der Waals surface area (Å²) in [5.74, 6) is -0.877. The fourth-order valence-electron chi connectivity index (χ4n) is 3.68. The Labute approximate surface area is 138 Å². The Morgan fingerprint density at radius 3 is 2.17 bits per heavy atom. The van der Waals surface area contributed by atoms with E-state index in [-0.39, 0.29) is 10.8 Å². The molecule has 0 amide bonds. The van der Waals surface area contributed by atoms with Crippen LogP contribution in [-0.4, -0.2) is 11.1 Å². The van der Waals surface area contributed by atoms with E-state index in [0.717, 1.165) is 17.5 Å². The molecule has 0 aromatic heterocycles. The van der Waals surface area contributed by atoms with E-state index < -0.39 is 5.97 Å². The molecule has 0 bridgehead atoms. The lowest BCUT2D eigenvalue weighted by atomic mass is 9.63. The van der Waals surface area contributed by atoms with Crippen molar-refractivity contribution < 1.29 is 9.90 Å². The number of benzene rings is 2. The third kappa shape index (κ3) is 2.67. The lowest BCUT2D eigenvalue weighted by molar-refractivity contribution is 0.0697. The van der Waals surface area contributed by atoms with Crippen LogP contribution in [-0.2, 0) is 10.8 Å². The molecule has 0 spiro atoms. The molecule has 0 saturated carbocycles. The summed E-state index contributed by atoms with van der Waals surface area (Å²) >= 11 is 0. The first-order valence-electron chi connectivity index (χ1n) is 8.20. The van der Waals surface area contributed by atoms with Gasteiger partial charge in [-0.1, -0.05) is 64.1 Å². The molecule has 23 heavy (non-hydrogen) atoms. The Kier molecular flexibility index (Phi) is 3.59. The minimum absolute atomic E-state index is 0.124. The van der Waals surface area contributed by atoms with Crippen molar-refractivity contribution in [3.8, 4) is 11.1 Å². The van der Waals surface area contributed by atoms with Gasteiger partial charge in [0.2, 0.25) is 0 Å². The first kappa shape index (κ1) is 15.8. The molecule has 0 radical (unpaired) electrons. The zero-order valence-corrected chi connectivity index (χ0v) is 14.3. The number of fused-ring (bicyclic) bond motifs is 1. The van der Waals surface area contributed by atoms with Gasteiger partial charge in [0.15, 0.2) is 0 Å². The molecule has 2 heteroatoms. The van der Waals surface area contributed by atoms with E-state index in [1.165, 1.54) is 17.5 Å². The second kappa shape index (κ2) is 5.23. The molecule has 0 heterocycles. The number of carbonyl (C=O) groups is 1. The lowest BCUT2D eigenvalue weighted by Crippen LogP contribution is -2.33. The highest BCUT2D eigenvalue weighted by atomic mass is 16.4. The minimum atomic E-state index is -0.877. The predicted octanol–water partition coefficient (Wildman–Crippen LogP) is 5.40. The van der Waals surface area contributed by atoms with Gasteiger partial charge in [0, 0.05) is 0 Å². The number of hydrogen-bond donors (Lipinski definition) is 1. The van der Waals surface area contributed by atoms with Crippen molar-refractivity contribution >= 4 is 5.97 Å². The normalized spacial score (nSPS) is 18.3. The maximum absolute atomic E-state index is 11.5. The average molecular weight is 308 g/mol. The quantitative estimate of drug-likeness (QED) is 0.806. The first-order chi connectivity index (χ1) is 10.7. The van der Waals surface area contributed by atoms with Gasteiger partial charge in [-0.05, 0) is 52.0 Å². The fourth-order valence-corrected chi connectivity index (χ4v) is 3.68. The standard InChI is InChI=1S/C21H24O2/c1-20(2)11-12-21(3,4)18-13-14(9-10-17(18)20)15-7-5-6-8-16(15)19(22)23/h5-10,13H,11-12H2,1-4H3,(H,22,23). The van der Waals surface area contributed by atoms with Crippen LogP contribution in [0.2, 0.25) is 0 Å². The van der Waals surface area contributed by atoms with Gasteiger partial charge in [-0.2, -0.15) is 0 Å². The average Bonchev–Trinajstić information content (AvgIpc) is 2.51. The van der Waals surface area contributed by atoms with Crippen LogP contribution in [0, 0.1) is 0 Å². The molecule has 0 saturated heterocycles. The Morgan fingerprint density at radius 2 is 1.52 bits per heavy atom. The third-order valence-electron chi connectivity index (χ3n) is 5.32. The SMILES string of the molecule is CC1(C)CCC(C)(C)c2cc(-c3ccccc3C(=O)O)ccc21. The summed E-state index contributed by atoms with van der Waals surface area (Å²) in [7, 11) is 0. The molecule has 2 aromatic rings. The van der Waals surface area contributed by atoms with Crippen LogP contribution in [0.5, 0.6) is 0 Å². The Bertz CT molecular complexity index is 769. The molecule has 3 rings (SSSR count). The van der Waals surface area contributed by atoms with Gasteiger partial charge in [0.05, 0.1) is 5.56 Å². The highest BCUT2D eigenvalue weighted by molar-refractivity contribution is 5.96. The van der Waals surface area contributed by atoms with Crippen molar-refractivity contribution in [2.45, 2.75) is 51.4 Å². The smallest absolute Gasteiger partial charge is 0.336 e. The number of hydrogen-bond acceptors (Lipinski definition) is 1. The van der Waals surface area contributed by atoms with E-state index >= 15 is 0 Å². The summed E-state index contributed by atoms with van der Waals surface area (Å²) in [6, 6.07) is 13.7. The van der Waals surface area contributed by atoms with Crippen molar-refractivity contribution in [3.05, 3.63) is 59.2 Å². The Hall–Kier alpha value is -2.09. The summed E-state index contributed by atoms with van der Waals surface area (Å²) in [5, 5.41) is 9.45. The van der Waals surface area contributed by atoms with E-state index in [9.17, 15) is 9.90 Å². The lowest BCUT2D eigenvalue weighted by Gasteiger charge is -2.42. The molecule has 0 aliphatic heterocycles. The second-order valence-corrected chi connectivity index (χ2v) is 7.88. The molecular formula is C21H24O2. The van der Waals surface area contributed by atoms with Crippen molar-refractivity contribution in [2.75, 3.05) is 0 Å². The van der Waals surface area contributed by atoms with Gasteiger partial charge in [-0.15, -0.1) is 0 Å². The van der Waals surface area contributed by atoms with Crippen LogP contribution < -0.4 is 0 Å². The summed E-state index contributed by atoms with van der Waals surface area (Å²) in [6.07, 6.45) is 2.33. The summed E-state index contributed by atoms with van der Waals surface area (Å²) < 4.78 is 0. The van der Waals surface area contributed by atoms with Crippen molar-refractivity contribution in [1.82, 2.24) is 0 Å². The van der Waals surface area contributed by atoms with Crippen molar-refractivity contribution in [2.24, 2.45) is 0 Å². The number of carboxylic acid groups (broad SMARTS) is 1. The molecule has 2 nitrogen and oxygen atoms in total. The molecule has 1 aliphatic carbocycles. The third-order valence-corrected chi connectivity index (χ3v) is 5.32. The minimum Gasteiger partial charge on any atom is -0.478 e. The van der Waals surface area contributed by atoms with Crippen LogP contribution in [0.15, 0.2) is 42.5 Å². The van der Waals surface area contributed by atoms with E-state index in [1.54, 1.807) is 12.1 Å². The highest BCUT2D eigenvalue weighted by Gasteiger charge is 2.37.